The molecule has 0 aliphatic heterocycles. The van der Waals surface area contributed by atoms with E-state index in [4.69, 9.17) is 9.47 Å². The van der Waals surface area contributed by atoms with Crippen LogP contribution in [0.2, 0.25) is 0 Å². The van der Waals surface area contributed by atoms with E-state index in [1.165, 1.54) is 12.2 Å². The number of carbonyl (C=O) groups is 2. The van der Waals surface area contributed by atoms with Gasteiger partial charge < -0.3 is 19.3 Å². The maximum Gasteiger partial charge on any atom is 0.335 e. The molecule has 0 radical (unpaired) electrons. The first kappa shape index (κ1) is 37.6. The van der Waals surface area contributed by atoms with E-state index in [1.54, 1.807) is 0 Å². The lowest BCUT2D eigenvalue weighted by molar-refractivity contribution is -0.129. The van der Waals surface area contributed by atoms with Crippen LogP contribution in [-0.2, 0) is 9.59 Å². The Hall–Kier alpha value is -7.96. The summed E-state index contributed by atoms with van der Waals surface area (Å²) in [6.45, 7) is 11.5. The highest BCUT2D eigenvalue weighted by atomic mass is 16.5. The van der Waals surface area contributed by atoms with Crippen LogP contribution >= 0.6 is 0 Å². The van der Waals surface area contributed by atoms with Crippen molar-refractivity contribution in [3.63, 3.8) is 0 Å². The molecule has 0 saturated carbocycles. The van der Waals surface area contributed by atoms with E-state index in [9.17, 15) is 9.59 Å². The fraction of sp³-hybridized carbons (Fsp3) is 0.0370. The number of hydrogen-bond acceptors (Lipinski definition) is 6. The van der Waals surface area contributed by atoms with Gasteiger partial charge in [-0.1, -0.05) is 152 Å². The Balaban J connectivity index is 1.35. The van der Waals surface area contributed by atoms with Gasteiger partial charge in [0.1, 0.15) is 11.5 Å². The van der Waals surface area contributed by atoms with Crippen molar-refractivity contribution in [1.29, 1.82) is 0 Å². The maximum absolute atomic E-state index is 12.8. The first-order chi connectivity index (χ1) is 29.3. The smallest absolute Gasteiger partial charge is 0.335 e. The molecule has 0 bridgehead atoms. The molecular formula is C54H40N2O4. The molecule has 290 valence electrons. The number of ether oxygens (including phenoxy) is 2. The second-order valence-corrected chi connectivity index (χ2v) is 14.7. The molecule has 0 aliphatic rings. The van der Waals surface area contributed by atoms with Crippen LogP contribution in [0.1, 0.15) is 11.1 Å². The standard InChI is InChI=1S/C54H40N2O4/c1-5-49(57)59-53-45-22-11-7-18-41(45)51(42-19-8-12-23-46(42)53)55(37-30-26-35(3)27-31-37)39-16-15-17-40(34-39)56(38-32-28-36(4)29-33-38)52-43-20-9-13-24-47(43)54(60-50(58)6-2)48-25-14-10-21-44(48)52/h5-34H,1-2H2,3-4H3. The van der Waals surface area contributed by atoms with Gasteiger partial charge in [-0.2, -0.15) is 0 Å². The van der Waals surface area contributed by atoms with E-state index >= 15 is 0 Å². The van der Waals surface area contributed by atoms with E-state index in [0.717, 1.165) is 88.3 Å². The zero-order valence-electron chi connectivity index (χ0n) is 33.3. The molecule has 0 amide bonds. The first-order valence-corrected chi connectivity index (χ1v) is 19.7. The molecule has 9 rings (SSSR count). The number of rotatable bonds is 10. The van der Waals surface area contributed by atoms with E-state index in [-0.39, 0.29) is 0 Å². The van der Waals surface area contributed by atoms with Gasteiger partial charge in [-0.15, -0.1) is 0 Å². The zero-order chi connectivity index (χ0) is 41.3. The summed E-state index contributed by atoms with van der Waals surface area (Å²) in [5.74, 6) is -0.0773. The summed E-state index contributed by atoms with van der Waals surface area (Å²) in [7, 11) is 0. The summed E-state index contributed by atoms with van der Waals surface area (Å²) in [6, 6.07) is 57.7. The number of benzene rings is 9. The predicted molar refractivity (Wildman–Crippen MR) is 247 cm³/mol. The predicted octanol–water partition coefficient (Wildman–Crippen LogP) is 14.0. The number of carbonyl (C=O) groups excluding carboxylic acids is 2. The minimum Gasteiger partial charge on any atom is -0.422 e. The number of aryl methyl sites for hydroxylation is 2. The van der Waals surface area contributed by atoms with Crippen molar-refractivity contribution in [2.75, 3.05) is 9.80 Å². The molecule has 9 aromatic carbocycles. The second kappa shape index (κ2) is 15.8. The molecule has 0 spiro atoms. The van der Waals surface area contributed by atoms with Crippen LogP contribution in [0.4, 0.5) is 34.1 Å². The van der Waals surface area contributed by atoms with Gasteiger partial charge in [0.2, 0.25) is 0 Å². The van der Waals surface area contributed by atoms with Gasteiger partial charge in [-0.05, 0) is 56.3 Å². The van der Waals surface area contributed by atoms with Crippen molar-refractivity contribution < 1.29 is 19.1 Å². The van der Waals surface area contributed by atoms with Crippen LogP contribution < -0.4 is 19.3 Å². The van der Waals surface area contributed by atoms with E-state index < -0.39 is 11.9 Å². The Bertz CT molecular complexity index is 2830. The third-order valence-corrected chi connectivity index (χ3v) is 10.8. The van der Waals surface area contributed by atoms with Gasteiger partial charge in [0.05, 0.1) is 11.4 Å². The van der Waals surface area contributed by atoms with Gasteiger partial charge in [-0.3, -0.25) is 0 Å². The van der Waals surface area contributed by atoms with Crippen LogP contribution in [0, 0.1) is 13.8 Å². The molecule has 6 heteroatoms. The SMILES string of the molecule is C=CC(=O)Oc1c2ccccc2c(N(c2ccc(C)cc2)c2cccc(N(c3ccc(C)cc3)c3c4ccccc4c(OC(=O)C=C)c4ccccc34)c2)c2ccccc12. The highest BCUT2D eigenvalue weighted by Gasteiger charge is 2.26. The summed E-state index contributed by atoms with van der Waals surface area (Å²) < 4.78 is 12.0. The Morgan fingerprint density at radius 2 is 0.700 bits per heavy atom. The Kier molecular flexibility index (Phi) is 9.88. The van der Waals surface area contributed by atoms with Gasteiger partial charge in [0, 0.05) is 78.0 Å². The van der Waals surface area contributed by atoms with Crippen molar-refractivity contribution in [2.24, 2.45) is 0 Å². The average Bonchev–Trinajstić information content (AvgIpc) is 3.29. The van der Waals surface area contributed by atoms with Gasteiger partial charge in [0.25, 0.3) is 0 Å². The molecule has 6 nitrogen and oxygen atoms in total. The zero-order valence-corrected chi connectivity index (χ0v) is 33.3. The first-order valence-electron chi connectivity index (χ1n) is 19.7. The normalized spacial score (nSPS) is 11.1. The molecule has 0 heterocycles. The lowest BCUT2D eigenvalue weighted by atomic mass is 9.97. The Labute approximate surface area is 348 Å². The number of anilines is 6. The quantitative estimate of drug-likeness (QED) is 0.0596. The highest BCUT2D eigenvalue weighted by Crippen LogP contribution is 2.51. The van der Waals surface area contributed by atoms with Crippen LogP contribution in [0.3, 0.4) is 0 Å². The van der Waals surface area contributed by atoms with E-state index in [2.05, 4.69) is 134 Å². The molecule has 60 heavy (non-hydrogen) atoms. The highest BCUT2D eigenvalue weighted by molar-refractivity contribution is 6.20. The van der Waals surface area contributed by atoms with Crippen LogP contribution in [-0.4, -0.2) is 11.9 Å². The third kappa shape index (κ3) is 6.70. The van der Waals surface area contributed by atoms with Gasteiger partial charge in [-0.25, -0.2) is 9.59 Å². The minimum atomic E-state index is -0.524. The summed E-state index contributed by atoms with van der Waals surface area (Å²) in [5.41, 5.74) is 7.87. The summed E-state index contributed by atoms with van der Waals surface area (Å²) >= 11 is 0. The van der Waals surface area contributed by atoms with Crippen molar-refractivity contribution in [2.45, 2.75) is 13.8 Å². The van der Waals surface area contributed by atoms with Crippen molar-refractivity contribution in [1.82, 2.24) is 0 Å². The number of hydrogen-bond donors (Lipinski definition) is 0. The maximum atomic E-state index is 12.8. The summed E-state index contributed by atoms with van der Waals surface area (Å²) in [6.07, 6.45) is 2.38. The fourth-order valence-corrected chi connectivity index (χ4v) is 8.09. The molecular weight excluding hydrogens is 741 g/mol. The third-order valence-electron chi connectivity index (χ3n) is 10.8. The van der Waals surface area contributed by atoms with Crippen LogP contribution in [0.5, 0.6) is 11.5 Å². The average molecular weight is 781 g/mol. The van der Waals surface area contributed by atoms with Crippen molar-refractivity contribution in [3.8, 4) is 11.5 Å². The lowest BCUT2D eigenvalue weighted by Crippen LogP contribution is -2.15. The Morgan fingerprint density at radius 1 is 0.400 bits per heavy atom. The summed E-state index contributed by atoms with van der Waals surface area (Å²) in [4.78, 5) is 30.1. The van der Waals surface area contributed by atoms with E-state index in [1.807, 2.05) is 72.8 Å². The number of fused-ring (bicyclic) bond motifs is 4. The molecule has 0 atom stereocenters. The minimum absolute atomic E-state index is 0.485. The van der Waals surface area contributed by atoms with Gasteiger partial charge in [0.15, 0.2) is 0 Å². The molecule has 9 aromatic rings. The van der Waals surface area contributed by atoms with Crippen LogP contribution in [0.15, 0.2) is 195 Å². The van der Waals surface area contributed by atoms with E-state index in [0.29, 0.717) is 11.5 Å². The summed E-state index contributed by atoms with van der Waals surface area (Å²) in [5, 5.41) is 6.82. The number of esters is 2. The molecule has 0 fully saturated rings. The van der Waals surface area contributed by atoms with Crippen molar-refractivity contribution in [3.05, 3.63) is 206 Å². The van der Waals surface area contributed by atoms with Gasteiger partial charge >= 0.3 is 11.9 Å². The number of nitrogens with zero attached hydrogens (tertiary/aromatic N) is 2. The second-order valence-electron chi connectivity index (χ2n) is 14.7. The molecule has 0 unspecified atom stereocenters. The topological polar surface area (TPSA) is 59.1 Å². The molecule has 0 aromatic heterocycles. The van der Waals surface area contributed by atoms with Crippen molar-refractivity contribution >= 4 is 89.2 Å². The Morgan fingerprint density at radius 3 is 1.00 bits per heavy atom. The largest absolute Gasteiger partial charge is 0.422 e. The molecule has 0 aliphatic carbocycles. The van der Waals surface area contributed by atoms with Crippen LogP contribution in [0.25, 0.3) is 43.1 Å². The lowest BCUT2D eigenvalue weighted by Gasteiger charge is -2.32. The monoisotopic (exact) mass is 780 g/mol. The molecule has 0 N–H and O–H groups in total. The molecule has 0 saturated heterocycles. The fourth-order valence-electron chi connectivity index (χ4n) is 8.09.